The van der Waals surface area contributed by atoms with E-state index < -0.39 is 5.91 Å². The van der Waals surface area contributed by atoms with Crippen molar-refractivity contribution in [3.05, 3.63) is 58.0 Å². The van der Waals surface area contributed by atoms with Gasteiger partial charge in [0.1, 0.15) is 11.4 Å². The number of aromatic nitrogens is 1. The Morgan fingerprint density at radius 3 is 2.81 bits per heavy atom. The van der Waals surface area contributed by atoms with Crippen molar-refractivity contribution in [3.8, 4) is 5.75 Å². The van der Waals surface area contributed by atoms with E-state index in [-0.39, 0.29) is 17.1 Å². The highest BCUT2D eigenvalue weighted by molar-refractivity contribution is 6.17. The third kappa shape index (κ3) is 3.86. The second-order valence-corrected chi connectivity index (χ2v) is 4.54. The molecule has 0 saturated carbocycles. The Kier molecular flexibility index (Phi) is 5.00. The van der Waals surface area contributed by atoms with Crippen LogP contribution < -0.4 is 15.6 Å². The molecule has 6 heteroatoms. The number of hydrogen-bond donors (Lipinski definition) is 2. The molecule has 2 N–H and O–H groups in total. The molecular weight excluding hydrogens is 292 g/mol. The second kappa shape index (κ2) is 6.95. The molecule has 21 heavy (non-hydrogen) atoms. The molecular formula is C15H15ClN2O3. The van der Waals surface area contributed by atoms with E-state index >= 15 is 0 Å². The van der Waals surface area contributed by atoms with Gasteiger partial charge in [0.25, 0.3) is 5.91 Å². The van der Waals surface area contributed by atoms with Gasteiger partial charge < -0.3 is 15.0 Å². The van der Waals surface area contributed by atoms with Crippen molar-refractivity contribution in [1.29, 1.82) is 0 Å². The van der Waals surface area contributed by atoms with E-state index in [0.29, 0.717) is 18.0 Å². The SMILES string of the molecule is CCOc1ccc(NC(=O)c2cccc(=O)[nH]2)cc1CCl. The lowest BCUT2D eigenvalue weighted by Crippen LogP contribution is -2.18. The van der Waals surface area contributed by atoms with Crippen LogP contribution in [0.4, 0.5) is 5.69 Å². The number of anilines is 1. The van der Waals surface area contributed by atoms with Gasteiger partial charge >= 0.3 is 0 Å². The smallest absolute Gasteiger partial charge is 0.272 e. The highest BCUT2D eigenvalue weighted by Crippen LogP contribution is 2.24. The van der Waals surface area contributed by atoms with Gasteiger partial charge in [0.2, 0.25) is 5.56 Å². The molecule has 0 spiro atoms. The third-order valence-corrected chi connectivity index (χ3v) is 3.06. The summed E-state index contributed by atoms with van der Waals surface area (Å²) < 4.78 is 5.44. The summed E-state index contributed by atoms with van der Waals surface area (Å²) in [5.74, 6) is 0.581. The quantitative estimate of drug-likeness (QED) is 0.834. The van der Waals surface area contributed by atoms with E-state index in [2.05, 4.69) is 10.3 Å². The molecule has 1 heterocycles. The first kappa shape index (κ1) is 15.1. The van der Waals surface area contributed by atoms with Crippen molar-refractivity contribution in [1.82, 2.24) is 4.98 Å². The molecule has 2 rings (SSSR count). The van der Waals surface area contributed by atoms with Crippen molar-refractivity contribution in [2.45, 2.75) is 12.8 Å². The number of nitrogens with one attached hydrogen (secondary N) is 2. The average molecular weight is 307 g/mol. The molecule has 0 radical (unpaired) electrons. The maximum atomic E-state index is 12.0. The molecule has 1 amide bonds. The van der Waals surface area contributed by atoms with E-state index in [1.54, 1.807) is 18.2 Å². The Balaban J connectivity index is 2.19. The molecule has 0 saturated heterocycles. The fraction of sp³-hybridized carbons (Fsp3) is 0.200. The number of benzene rings is 1. The molecule has 110 valence electrons. The monoisotopic (exact) mass is 306 g/mol. The van der Waals surface area contributed by atoms with Gasteiger partial charge in [0.05, 0.1) is 12.5 Å². The van der Waals surface area contributed by atoms with Crippen molar-refractivity contribution < 1.29 is 9.53 Å². The van der Waals surface area contributed by atoms with Crippen molar-refractivity contribution in [2.24, 2.45) is 0 Å². The summed E-state index contributed by atoms with van der Waals surface area (Å²) in [4.78, 5) is 25.7. The van der Waals surface area contributed by atoms with Crippen LogP contribution in [0.15, 0.2) is 41.2 Å². The number of hydrogen-bond acceptors (Lipinski definition) is 3. The third-order valence-electron chi connectivity index (χ3n) is 2.78. The number of ether oxygens (including phenoxy) is 1. The van der Waals surface area contributed by atoms with Crippen LogP contribution in [0.1, 0.15) is 23.0 Å². The van der Waals surface area contributed by atoms with Crippen molar-refractivity contribution in [3.63, 3.8) is 0 Å². The predicted molar refractivity (Wildman–Crippen MR) is 82.2 cm³/mol. The highest BCUT2D eigenvalue weighted by atomic mass is 35.5. The zero-order valence-corrected chi connectivity index (χ0v) is 12.2. The molecule has 2 aromatic rings. The molecule has 1 aromatic carbocycles. The number of halogens is 1. The largest absolute Gasteiger partial charge is 0.494 e. The van der Waals surface area contributed by atoms with Crippen LogP contribution in [0.25, 0.3) is 0 Å². The van der Waals surface area contributed by atoms with Crippen LogP contribution >= 0.6 is 11.6 Å². The lowest BCUT2D eigenvalue weighted by molar-refractivity contribution is 0.102. The normalized spacial score (nSPS) is 10.2. The molecule has 0 fully saturated rings. The number of amides is 1. The minimum atomic E-state index is -0.391. The van der Waals surface area contributed by atoms with Crippen LogP contribution in [0.5, 0.6) is 5.75 Å². The Morgan fingerprint density at radius 2 is 2.14 bits per heavy atom. The fourth-order valence-electron chi connectivity index (χ4n) is 1.84. The number of carbonyl (C=O) groups is 1. The number of carbonyl (C=O) groups excluding carboxylic acids is 1. The molecule has 0 unspecified atom stereocenters. The van der Waals surface area contributed by atoms with Gasteiger partial charge in [-0.3, -0.25) is 9.59 Å². The molecule has 0 bridgehead atoms. The number of rotatable bonds is 5. The number of aromatic amines is 1. The zero-order valence-electron chi connectivity index (χ0n) is 11.5. The molecule has 0 atom stereocenters. The Hall–Kier alpha value is -2.27. The number of alkyl halides is 1. The molecule has 0 aliphatic heterocycles. The summed E-state index contributed by atoms with van der Waals surface area (Å²) in [5, 5.41) is 2.71. The topological polar surface area (TPSA) is 71.2 Å². The summed E-state index contributed by atoms with van der Waals surface area (Å²) in [5.41, 5.74) is 1.25. The Labute approximate surface area is 126 Å². The second-order valence-electron chi connectivity index (χ2n) is 4.27. The first-order valence-electron chi connectivity index (χ1n) is 6.46. The van der Waals surface area contributed by atoms with Gasteiger partial charge in [0.15, 0.2) is 0 Å². The standard InChI is InChI=1S/C15H15ClN2O3/c1-2-21-13-7-6-11(8-10(13)9-16)17-15(20)12-4-3-5-14(19)18-12/h3-8H,2,9H2,1H3,(H,17,20)(H,18,19). The van der Waals surface area contributed by atoms with Crippen LogP contribution in [0.2, 0.25) is 0 Å². The summed E-state index contributed by atoms with van der Waals surface area (Å²) in [6, 6.07) is 9.63. The van der Waals surface area contributed by atoms with Crippen LogP contribution in [-0.4, -0.2) is 17.5 Å². The van der Waals surface area contributed by atoms with Gasteiger partial charge in [-0.25, -0.2) is 0 Å². The molecule has 1 aromatic heterocycles. The Bertz CT molecular complexity index is 697. The summed E-state index contributed by atoms with van der Waals surface area (Å²) in [6.07, 6.45) is 0. The van der Waals surface area contributed by atoms with E-state index in [9.17, 15) is 9.59 Å². The first-order valence-corrected chi connectivity index (χ1v) is 7.00. The minimum absolute atomic E-state index is 0.198. The van der Waals surface area contributed by atoms with Crippen LogP contribution in [0.3, 0.4) is 0 Å². The van der Waals surface area contributed by atoms with Gasteiger partial charge in [0, 0.05) is 17.3 Å². The van der Waals surface area contributed by atoms with Gasteiger partial charge in [-0.15, -0.1) is 11.6 Å². The summed E-state index contributed by atoms with van der Waals surface area (Å²) >= 11 is 5.87. The first-order chi connectivity index (χ1) is 10.1. The van der Waals surface area contributed by atoms with Crippen LogP contribution in [-0.2, 0) is 5.88 Å². The zero-order chi connectivity index (χ0) is 15.2. The Morgan fingerprint density at radius 1 is 1.33 bits per heavy atom. The van der Waals surface area contributed by atoms with Crippen molar-refractivity contribution in [2.75, 3.05) is 11.9 Å². The molecule has 5 nitrogen and oxygen atoms in total. The minimum Gasteiger partial charge on any atom is -0.494 e. The molecule has 0 aliphatic rings. The predicted octanol–water partition coefficient (Wildman–Crippen LogP) is 2.76. The molecule has 0 aliphatic carbocycles. The van der Waals surface area contributed by atoms with Gasteiger partial charge in [-0.05, 0) is 31.2 Å². The maximum Gasteiger partial charge on any atom is 0.272 e. The van der Waals surface area contributed by atoms with Crippen molar-refractivity contribution >= 4 is 23.2 Å². The number of H-pyrrole nitrogens is 1. The number of pyridine rings is 1. The van der Waals surface area contributed by atoms with E-state index in [0.717, 1.165) is 5.56 Å². The summed E-state index contributed by atoms with van der Waals surface area (Å²) in [7, 11) is 0. The van der Waals surface area contributed by atoms with Gasteiger partial charge in [-0.2, -0.15) is 0 Å². The highest BCUT2D eigenvalue weighted by Gasteiger charge is 2.09. The van der Waals surface area contributed by atoms with Gasteiger partial charge in [-0.1, -0.05) is 6.07 Å². The van der Waals surface area contributed by atoms with E-state index in [1.807, 2.05) is 6.92 Å². The maximum absolute atomic E-state index is 12.0. The fourth-order valence-corrected chi connectivity index (χ4v) is 2.05. The average Bonchev–Trinajstić information content (AvgIpc) is 2.49. The van der Waals surface area contributed by atoms with Crippen LogP contribution in [0, 0.1) is 0 Å². The lowest BCUT2D eigenvalue weighted by atomic mass is 10.2. The van der Waals surface area contributed by atoms with E-state index in [4.69, 9.17) is 16.3 Å². The summed E-state index contributed by atoms with van der Waals surface area (Å²) in [6.45, 7) is 2.43. The lowest BCUT2D eigenvalue weighted by Gasteiger charge is -2.11. The van der Waals surface area contributed by atoms with E-state index in [1.165, 1.54) is 18.2 Å².